The van der Waals surface area contributed by atoms with Crippen LogP contribution in [0, 0.1) is 0 Å². The molecule has 1 aliphatic heterocycles. The first-order chi connectivity index (χ1) is 10.2. The molecule has 3 rings (SSSR count). The lowest BCUT2D eigenvalue weighted by atomic mass is 10.2. The number of hydrogen-bond acceptors (Lipinski definition) is 3. The summed E-state index contributed by atoms with van der Waals surface area (Å²) in [7, 11) is 1.62. The maximum Gasteiger partial charge on any atom is 0.326 e. The topological polar surface area (TPSA) is 72.4 Å². The third-order valence-corrected chi connectivity index (χ3v) is 3.12. The van der Waals surface area contributed by atoms with E-state index in [-0.39, 0.29) is 5.70 Å². The maximum absolute atomic E-state index is 11.5. The van der Waals surface area contributed by atoms with Crippen molar-refractivity contribution in [1.82, 2.24) is 15.2 Å². The van der Waals surface area contributed by atoms with Crippen LogP contribution in [0.25, 0.3) is 11.8 Å². The van der Waals surface area contributed by atoms with E-state index in [1.807, 2.05) is 47.3 Å². The van der Waals surface area contributed by atoms with Crippen molar-refractivity contribution in [2.24, 2.45) is 0 Å². The Balaban J connectivity index is 1.84. The van der Waals surface area contributed by atoms with Crippen LogP contribution < -0.4 is 15.4 Å². The highest BCUT2D eigenvalue weighted by Gasteiger charge is 2.22. The van der Waals surface area contributed by atoms with Gasteiger partial charge in [0, 0.05) is 18.1 Å². The van der Waals surface area contributed by atoms with Crippen LogP contribution in [0.4, 0.5) is 4.79 Å². The SMILES string of the molecule is COc1ccc(-n2ccc(/C=C3\NC(=O)NC3=O)c2)cc1. The lowest BCUT2D eigenvalue weighted by Gasteiger charge is -2.04. The van der Waals surface area contributed by atoms with Gasteiger partial charge in [0.05, 0.1) is 7.11 Å². The zero-order valence-electron chi connectivity index (χ0n) is 11.3. The number of amides is 3. The van der Waals surface area contributed by atoms with Crippen molar-refractivity contribution in [3.8, 4) is 11.4 Å². The first-order valence-corrected chi connectivity index (χ1v) is 6.32. The van der Waals surface area contributed by atoms with E-state index in [2.05, 4.69) is 10.6 Å². The third kappa shape index (κ3) is 2.64. The average Bonchev–Trinajstić information content (AvgIpc) is 3.07. The summed E-state index contributed by atoms with van der Waals surface area (Å²) in [5, 5.41) is 4.61. The van der Waals surface area contributed by atoms with Crippen LogP contribution >= 0.6 is 0 Å². The second-order valence-corrected chi connectivity index (χ2v) is 4.52. The highest BCUT2D eigenvalue weighted by Crippen LogP contribution is 2.17. The normalized spacial score (nSPS) is 16.0. The summed E-state index contributed by atoms with van der Waals surface area (Å²) in [6, 6.07) is 8.96. The summed E-state index contributed by atoms with van der Waals surface area (Å²) in [6.07, 6.45) is 5.37. The van der Waals surface area contributed by atoms with Crippen LogP contribution in [0.5, 0.6) is 5.75 Å². The van der Waals surface area contributed by atoms with E-state index in [0.717, 1.165) is 17.0 Å². The van der Waals surface area contributed by atoms with Gasteiger partial charge in [-0.15, -0.1) is 0 Å². The van der Waals surface area contributed by atoms with Crippen LogP contribution in [0.2, 0.25) is 0 Å². The molecular weight excluding hydrogens is 270 g/mol. The quantitative estimate of drug-likeness (QED) is 0.665. The number of nitrogens with one attached hydrogen (secondary N) is 2. The zero-order chi connectivity index (χ0) is 14.8. The zero-order valence-corrected chi connectivity index (χ0v) is 11.3. The Morgan fingerprint density at radius 2 is 1.86 bits per heavy atom. The van der Waals surface area contributed by atoms with E-state index < -0.39 is 11.9 Å². The van der Waals surface area contributed by atoms with Gasteiger partial charge in [0.25, 0.3) is 5.91 Å². The number of nitrogens with zero attached hydrogens (tertiary/aromatic N) is 1. The minimum atomic E-state index is -0.499. The van der Waals surface area contributed by atoms with E-state index in [0.29, 0.717) is 0 Å². The molecule has 6 nitrogen and oxygen atoms in total. The molecule has 3 amide bonds. The summed E-state index contributed by atoms with van der Waals surface area (Å²) in [4.78, 5) is 22.5. The van der Waals surface area contributed by atoms with Crippen molar-refractivity contribution in [3.63, 3.8) is 0 Å². The van der Waals surface area contributed by atoms with Crippen molar-refractivity contribution in [3.05, 3.63) is 54.0 Å². The van der Waals surface area contributed by atoms with Crippen LogP contribution in [-0.4, -0.2) is 23.6 Å². The van der Waals surface area contributed by atoms with Gasteiger partial charge in [0.1, 0.15) is 11.4 Å². The van der Waals surface area contributed by atoms with Crippen molar-refractivity contribution < 1.29 is 14.3 Å². The van der Waals surface area contributed by atoms with Crippen molar-refractivity contribution in [2.45, 2.75) is 0 Å². The Morgan fingerprint density at radius 1 is 1.10 bits per heavy atom. The minimum Gasteiger partial charge on any atom is -0.497 e. The first-order valence-electron chi connectivity index (χ1n) is 6.32. The Labute approximate surface area is 121 Å². The molecule has 0 spiro atoms. The molecule has 1 aliphatic rings. The maximum atomic E-state index is 11.5. The van der Waals surface area contributed by atoms with Crippen LogP contribution in [0.1, 0.15) is 5.56 Å². The molecule has 0 saturated carbocycles. The molecule has 1 fully saturated rings. The summed E-state index contributed by atoms with van der Waals surface area (Å²) >= 11 is 0. The molecule has 6 heteroatoms. The van der Waals surface area contributed by atoms with Crippen molar-refractivity contribution in [1.29, 1.82) is 0 Å². The molecule has 0 radical (unpaired) electrons. The smallest absolute Gasteiger partial charge is 0.326 e. The monoisotopic (exact) mass is 283 g/mol. The molecule has 0 aliphatic carbocycles. The predicted molar refractivity (Wildman–Crippen MR) is 77.0 cm³/mol. The number of methoxy groups -OCH3 is 1. The average molecular weight is 283 g/mol. The van der Waals surface area contributed by atoms with Gasteiger partial charge in [-0.05, 0) is 42.0 Å². The Morgan fingerprint density at radius 3 is 2.48 bits per heavy atom. The van der Waals surface area contributed by atoms with E-state index in [4.69, 9.17) is 4.74 Å². The molecule has 1 saturated heterocycles. The summed E-state index contributed by atoms with van der Waals surface area (Å²) in [6.45, 7) is 0. The van der Waals surface area contributed by atoms with E-state index in [9.17, 15) is 9.59 Å². The highest BCUT2D eigenvalue weighted by atomic mass is 16.5. The minimum absolute atomic E-state index is 0.243. The van der Waals surface area contributed by atoms with Gasteiger partial charge >= 0.3 is 6.03 Å². The van der Waals surface area contributed by atoms with Gasteiger partial charge in [-0.1, -0.05) is 0 Å². The van der Waals surface area contributed by atoms with E-state index in [1.54, 1.807) is 13.2 Å². The number of aromatic nitrogens is 1. The number of hydrogen-bond donors (Lipinski definition) is 2. The molecule has 2 N–H and O–H groups in total. The number of urea groups is 1. The summed E-state index contributed by atoms with van der Waals surface area (Å²) in [5.41, 5.74) is 2.03. The molecule has 1 aromatic carbocycles. The molecule has 2 aromatic rings. The number of rotatable bonds is 3. The number of benzene rings is 1. The van der Waals surface area contributed by atoms with E-state index in [1.165, 1.54) is 0 Å². The second-order valence-electron chi connectivity index (χ2n) is 4.52. The predicted octanol–water partition coefficient (Wildman–Crippen LogP) is 1.67. The van der Waals surface area contributed by atoms with Gasteiger partial charge < -0.3 is 14.6 Å². The largest absolute Gasteiger partial charge is 0.497 e. The standard InChI is InChI=1S/C15H13N3O3/c1-21-12-4-2-11(3-5-12)18-7-6-10(9-18)8-13-14(19)17-15(20)16-13/h2-9H,1H3,(H2,16,17,19,20)/b13-8-. The van der Waals surface area contributed by atoms with Gasteiger partial charge in [-0.3, -0.25) is 10.1 Å². The fourth-order valence-electron chi connectivity index (χ4n) is 2.06. The van der Waals surface area contributed by atoms with E-state index >= 15 is 0 Å². The van der Waals surface area contributed by atoms with Gasteiger partial charge in [-0.2, -0.15) is 0 Å². The molecule has 1 aromatic heterocycles. The molecular formula is C15H13N3O3. The molecule has 0 unspecified atom stereocenters. The van der Waals surface area contributed by atoms with Gasteiger partial charge in [0.15, 0.2) is 0 Å². The fourth-order valence-corrected chi connectivity index (χ4v) is 2.06. The number of imide groups is 1. The Hall–Kier alpha value is -3.02. The molecule has 0 atom stereocenters. The third-order valence-electron chi connectivity index (χ3n) is 3.12. The summed E-state index contributed by atoms with van der Waals surface area (Å²) < 4.78 is 7.03. The lowest BCUT2D eigenvalue weighted by molar-refractivity contribution is -0.115. The van der Waals surface area contributed by atoms with Gasteiger partial charge in [0.2, 0.25) is 0 Å². The highest BCUT2D eigenvalue weighted by molar-refractivity contribution is 6.13. The van der Waals surface area contributed by atoms with Gasteiger partial charge in [-0.25, -0.2) is 4.79 Å². The molecule has 0 bridgehead atoms. The molecule has 21 heavy (non-hydrogen) atoms. The first kappa shape index (κ1) is 13.0. The summed E-state index contributed by atoms with van der Waals surface area (Å²) in [5.74, 6) is 0.371. The number of carbonyl (C=O) groups is 2. The molecule has 106 valence electrons. The fraction of sp³-hybridized carbons (Fsp3) is 0.0667. The lowest BCUT2D eigenvalue weighted by Crippen LogP contribution is -2.22. The Bertz CT molecular complexity index is 729. The van der Waals surface area contributed by atoms with Crippen molar-refractivity contribution >= 4 is 18.0 Å². The second kappa shape index (κ2) is 5.16. The number of ether oxygens (including phenoxy) is 1. The van der Waals surface area contributed by atoms with Crippen LogP contribution in [0.15, 0.2) is 48.4 Å². The van der Waals surface area contributed by atoms with Crippen LogP contribution in [-0.2, 0) is 4.79 Å². The Kier molecular flexibility index (Phi) is 3.19. The molecule has 2 heterocycles. The number of carbonyl (C=O) groups excluding carboxylic acids is 2. The van der Waals surface area contributed by atoms with Crippen LogP contribution in [0.3, 0.4) is 0 Å². The van der Waals surface area contributed by atoms with Crippen molar-refractivity contribution in [2.75, 3.05) is 7.11 Å².